The minimum atomic E-state index is 0.837. The average Bonchev–Trinajstić information content (AvgIpc) is 2.97. The first-order chi connectivity index (χ1) is 9.24. The van der Waals surface area contributed by atoms with Crippen LogP contribution in [0.2, 0.25) is 0 Å². The molecule has 2 aromatic heterocycles. The first kappa shape index (κ1) is 13.1. The van der Waals surface area contributed by atoms with Gasteiger partial charge in [0.15, 0.2) is 5.65 Å². The molecule has 4 nitrogen and oxygen atoms in total. The normalized spacial score (nSPS) is 23.3. The van der Waals surface area contributed by atoms with Crippen molar-refractivity contribution < 1.29 is 0 Å². The third-order valence-electron chi connectivity index (χ3n) is 4.19. The van der Waals surface area contributed by atoms with Gasteiger partial charge in [-0.25, -0.2) is 9.97 Å². The Morgan fingerprint density at radius 3 is 3.05 bits per heavy atom. The van der Waals surface area contributed by atoms with Gasteiger partial charge in [-0.3, -0.25) is 4.40 Å². The summed E-state index contributed by atoms with van der Waals surface area (Å²) in [7, 11) is 0. The van der Waals surface area contributed by atoms with Crippen LogP contribution in [0, 0.1) is 11.8 Å². The van der Waals surface area contributed by atoms with E-state index in [9.17, 15) is 0 Å². The zero-order valence-corrected chi connectivity index (χ0v) is 12.7. The Bertz CT molecular complexity index is 566. The average molecular weight is 323 g/mol. The van der Waals surface area contributed by atoms with Gasteiger partial charge >= 0.3 is 0 Å². The number of nitrogens with zero attached hydrogens (tertiary/aromatic N) is 3. The van der Waals surface area contributed by atoms with Crippen LogP contribution in [0.5, 0.6) is 0 Å². The lowest BCUT2D eigenvalue weighted by molar-refractivity contribution is 0.391. The van der Waals surface area contributed by atoms with Gasteiger partial charge in [0.1, 0.15) is 4.60 Å². The lowest BCUT2D eigenvalue weighted by Gasteiger charge is -2.15. The fraction of sp³-hybridized carbons (Fsp3) is 0.571. The molecule has 102 valence electrons. The van der Waals surface area contributed by atoms with Gasteiger partial charge in [0, 0.05) is 12.7 Å². The molecule has 1 saturated carbocycles. The van der Waals surface area contributed by atoms with Crippen LogP contribution in [0.15, 0.2) is 23.2 Å². The van der Waals surface area contributed by atoms with E-state index < -0.39 is 0 Å². The van der Waals surface area contributed by atoms with E-state index in [4.69, 9.17) is 0 Å². The Morgan fingerprint density at radius 2 is 2.26 bits per heavy atom. The molecule has 2 heterocycles. The number of fused-ring (bicyclic) bond motifs is 1. The van der Waals surface area contributed by atoms with E-state index >= 15 is 0 Å². The van der Waals surface area contributed by atoms with Crippen molar-refractivity contribution in [3.63, 3.8) is 0 Å². The Labute approximate surface area is 121 Å². The Hall–Kier alpha value is -0.940. The summed E-state index contributed by atoms with van der Waals surface area (Å²) in [4.78, 5) is 8.55. The second-order valence-corrected chi connectivity index (χ2v) is 6.30. The van der Waals surface area contributed by atoms with Crippen LogP contribution in [-0.4, -0.2) is 20.9 Å². The van der Waals surface area contributed by atoms with E-state index in [2.05, 4.69) is 42.5 Å². The molecular formula is C14H19BrN4. The molecule has 2 aromatic rings. The topological polar surface area (TPSA) is 42.2 Å². The number of rotatable bonds is 4. The molecule has 5 heteroatoms. The summed E-state index contributed by atoms with van der Waals surface area (Å²) in [6, 6.07) is 0. The second kappa shape index (κ2) is 5.59. The maximum atomic E-state index is 4.36. The highest BCUT2D eigenvalue weighted by molar-refractivity contribution is 9.10. The molecule has 3 rings (SSSR count). The molecule has 1 aliphatic carbocycles. The number of aromatic nitrogens is 3. The predicted octanol–water partition coefficient (Wildman–Crippen LogP) is 3.02. The van der Waals surface area contributed by atoms with Crippen molar-refractivity contribution in [2.75, 3.05) is 6.54 Å². The molecule has 19 heavy (non-hydrogen) atoms. The van der Waals surface area contributed by atoms with Crippen molar-refractivity contribution >= 4 is 21.6 Å². The monoisotopic (exact) mass is 322 g/mol. The molecule has 0 saturated heterocycles. The van der Waals surface area contributed by atoms with Crippen LogP contribution >= 0.6 is 15.9 Å². The minimum absolute atomic E-state index is 0.837. The summed E-state index contributed by atoms with van der Waals surface area (Å²) in [6.07, 6.45) is 9.83. The standard InChI is InChI=1S/C14H19BrN4/c1-10-3-2-4-11(10)5-16-6-12-7-18-14-8-17-13(15)9-19(12)14/h7-11,16H,2-6H2,1H3. The highest BCUT2D eigenvalue weighted by Gasteiger charge is 2.22. The Balaban J connectivity index is 1.63. The predicted molar refractivity (Wildman–Crippen MR) is 78.9 cm³/mol. The van der Waals surface area contributed by atoms with E-state index in [-0.39, 0.29) is 0 Å². The van der Waals surface area contributed by atoms with Crippen LogP contribution in [0.1, 0.15) is 31.9 Å². The summed E-state index contributed by atoms with van der Waals surface area (Å²) in [5, 5.41) is 3.58. The summed E-state index contributed by atoms with van der Waals surface area (Å²) in [6.45, 7) is 4.35. The molecule has 2 atom stereocenters. The highest BCUT2D eigenvalue weighted by Crippen LogP contribution is 2.30. The fourth-order valence-electron chi connectivity index (χ4n) is 2.96. The van der Waals surface area contributed by atoms with E-state index in [1.165, 1.54) is 25.0 Å². The molecule has 1 fully saturated rings. The van der Waals surface area contributed by atoms with Crippen LogP contribution in [0.25, 0.3) is 5.65 Å². The summed E-state index contributed by atoms with van der Waals surface area (Å²) < 4.78 is 2.92. The van der Waals surface area contributed by atoms with Gasteiger partial charge in [-0.1, -0.05) is 19.8 Å². The van der Waals surface area contributed by atoms with Crippen molar-refractivity contribution in [2.45, 2.75) is 32.7 Å². The summed E-state index contributed by atoms with van der Waals surface area (Å²) in [5.41, 5.74) is 2.08. The van der Waals surface area contributed by atoms with Crippen LogP contribution in [0.3, 0.4) is 0 Å². The summed E-state index contributed by atoms with van der Waals surface area (Å²) in [5.74, 6) is 1.71. The first-order valence-electron chi connectivity index (χ1n) is 6.92. The number of halogens is 1. The van der Waals surface area contributed by atoms with Gasteiger partial charge in [-0.2, -0.15) is 0 Å². The van der Waals surface area contributed by atoms with Gasteiger partial charge in [0.05, 0.1) is 18.1 Å². The lowest BCUT2D eigenvalue weighted by Crippen LogP contribution is -2.24. The quantitative estimate of drug-likeness (QED) is 0.940. The molecule has 0 aromatic carbocycles. The first-order valence-corrected chi connectivity index (χ1v) is 7.71. The molecule has 1 aliphatic rings. The summed E-state index contributed by atoms with van der Waals surface area (Å²) >= 11 is 3.40. The molecule has 0 bridgehead atoms. The van der Waals surface area contributed by atoms with E-state index in [0.717, 1.165) is 35.2 Å². The molecule has 0 aliphatic heterocycles. The number of imidazole rings is 1. The molecular weight excluding hydrogens is 304 g/mol. The third kappa shape index (κ3) is 2.82. The Morgan fingerprint density at radius 1 is 1.37 bits per heavy atom. The highest BCUT2D eigenvalue weighted by atomic mass is 79.9. The van der Waals surface area contributed by atoms with Gasteiger partial charge in [-0.05, 0) is 40.7 Å². The SMILES string of the molecule is CC1CCCC1CNCc1cnc2cnc(Br)cn12. The zero-order chi connectivity index (χ0) is 13.2. The Kier molecular flexibility index (Phi) is 3.84. The van der Waals surface area contributed by atoms with Crippen molar-refractivity contribution in [3.05, 3.63) is 28.9 Å². The molecule has 0 amide bonds. The van der Waals surface area contributed by atoms with Gasteiger partial charge in [0.2, 0.25) is 0 Å². The van der Waals surface area contributed by atoms with Crippen molar-refractivity contribution in [3.8, 4) is 0 Å². The third-order valence-corrected chi connectivity index (χ3v) is 4.60. The number of nitrogens with one attached hydrogen (secondary N) is 1. The van der Waals surface area contributed by atoms with Gasteiger partial charge < -0.3 is 5.32 Å². The maximum Gasteiger partial charge on any atom is 0.155 e. The lowest BCUT2D eigenvalue weighted by atomic mass is 9.98. The molecule has 0 radical (unpaired) electrons. The molecule has 0 spiro atoms. The van der Waals surface area contributed by atoms with E-state index in [1.807, 2.05) is 12.4 Å². The fourth-order valence-corrected chi connectivity index (χ4v) is 3.27. The van der Waals surface area contributed by atoms with Crippen LogP contribution in [0.4, 0.5) is 0 Å². The second-order valence-electron chi connectivity index (χ2n) is 5.49. The van der Waals surface area contributed by atoms with Gasteiger partial charge in [-0.15, -0.1) is 0 Å². The van der Waals surface area contributed by atoms with E-state index in [1.54, 1.807) is 6.20 Å². The van der Waals surface area contributed by atoms with Crippen molar-refractivity contribution in [2.24, 2.45) is 11.8 Å². The van der Waals surface area contributed by atoms with Crippen molar-refractivity contribution in [1.82, 2.24) is 19.7 Å². The van der Waals surface area contributed by atoms with Crippen molar-refractivity contribution in [1.29, 1.82) is 0 Å². The van der Waals surface area contributed by atoms with Gasteiger partial charge in [0.25, 0.3) is 0 Å². The van der Waals surface area contributed by atoms with E-state index in [0.29, 0.717) is 0 Å². The zero-order valence-electron chi connectivity index (χ0n) is 11.1. The minimum Gasteiger partial charge on any atom is -0.311 e. The number of hydrogen-bond acceptors (Lipinski definition) is 3. The smallest absolute Gasteiger partial charge is 0.155 e. The maximum absolute atomic E-state index is 4.36. The molecule has 1 N–H and O–H groups in total. The van der Waals surface area contributed by atoms with Crippen LogP contribution in [-0.2, 0) is 6.54 Å². The molecule has 2 unspecified atom stereocenters. The van der Waals surface area contributed by atoms with Crippen LogP contribution < -0.4 is 5.32 Å². The largest absolute Gasteiger partial charge is 0.311 e. The number of hydrogen-bond donors (Lipinski definition) is 1.